The van der Waals surface area contributed by atoms with E-state index < -0.39 is 0 Å². The molecule has 0 aromatic heterocycles. The highest BCUT2D eigenvalue weighted by Crippen LogP contribution is 2.28. The van der Waals surface area contributed by atoms with Crippen molar-refractivity contribution >= 4 is 0 Å². The summed E-state index contributed by atoms with van der Waals surface area (Å²) in [5.41, 5.74) is 6.20. The average Bonchev–Trinajstić information content (AvgIpc) is 2.57. The van der Waals surface area contributed by atoms with Crippen molar-refractivity contribution in [1.82, 2.24) is 0 Å². The van der Waals surface area contributed by atoms with Crippen molar-refractivity contribution in [3.8, 4) is 0 Å². The lowest BCUT2D eigenvalue weighted by Crippen LogP contribution is -2.48. The van der Waals surface area contributed by atoms with Crippen molar-refractivity contribution in [1.29, 1.82) is 0 Å². The van der Waals surface area contributed by atoms with E-state index >= 15 is 0 Å². The van der Waals surface area contributed by atoms with Crippen LogP contribution in [-0.2, 0) is 9.47 Å². The van der Waals surface area contributed by atoms with E-state index in [0.717, 1.165) is 45.7 Å². The molecule has 76 valence electrons. The van der Waals surface area contributed by atoms with Crippen LogP contribution in [0.1, 0.15) is 25.7 Å². The molecule has 0 radical (unpaired) electrons. The van der Waals surface area contributed by atoms with Crippen molar-refractivity contribution in [3.05, 3.63) is 0 Å². The van der Waals surface area contributed by atoms with E-state index in [9.17, 15) is 0 Å². The highest BCUT2D eigenvalue weighted by molar-refractivity contribution is 4.89. The molecule has 2 saturated heterocycles. The Hall–Kier alpha value is -0.120. The molecule has 3 heteroatoms. The van der Waals surface area contributed by atoms with Crippen LogP contribution in [-0.4, -0.2) is 32.0 Å². The predicted octanol–water partition coefficient (Wildman–Crippen LogP) is 0.921. The van der Waals surface area contributed by atoms with Gasteiger partial charge in [0.05, 0.1) is 6.61 Å². The molecular weight excluding hydrogens is 166 g/mol. The second-order valence-corrected chi connectivity index (χ2v) is 4.45. The number of nitrogens with two attached hydrogens (primary N) is 1. The van der Waals surface area contributed by atoms with Crippen LogP contribution in [0.15, 0.2) is 0 Å². The van der Waals surface area contributed by atoms with Crippen LogP contribution >= 0.6 is 0 Å². The van der Waals surface area contributed by atoms with Gasteiger partial charge >= 0.3 is 0 Å². The standard InChI is InChI=1S/C10H19NO2/c11-10(3-1-4-13-8-10)6-9-2-5-12-7-9/h9H,1-8,11H2. The van der Waals surface area contributed by atoms with Crippen LogP contribution in [0.4, 0.5) is 0 Å². The summed E-state index contributed by atoms with van der Waals surface area (Å²) in [5, 5.41) is 0. The topological polar surface area (TPSA) is 44.5 Å². The maximum Gasteiger partial charge on any atom is 0.0646 e. The molecule has 2 rings (SSSR count). The third-order valence-corrected chi connectivity index (χ3v) is 3.07. The molecule has 0 aromatic carbocycles. The van der Waals surface area contributed by atoms with E-state index in [-0.39, 0.29) is 5.54 Å². The molecule has 3 nitrogen and oxygen atoms in total. The zero-order valence-corrected chi connectivity index (χ0v) is 8.13. The number of rotatable bonds is 2. The summed E-state index contributed by atoms with van der Waals surface area (Å²) < 4.78 is 10.8. The third kappa shape index (κ3) is 2.42. The number of hydrogen-bond acceptors (Lipinski definition) is 3. The summed E-state index contributed by atoms with van der Waals surface area (Å²) in [6.45, 7) is 3.45. The molecule has 13 heavy (non-hydrogen) atoms. The summed E-state index contributed by atoms with van der Waals surface area (Å²) in [5.74, 6) is 0.673. The molecule has 2 aliphatic heterocycles. The SMILES string of the molecule is NC1(CC2CCOC2)CCCOC1. The number of ether oxygens (including phenoxy) is 2. The molecule has 2 fully saturated rings. The van der Waals surface area contributed by atoms with Gasteiger partial charge in [-0.3, -0.25) is 0 Å². The van der Waals surface area contributed by atoms with E-state index in [4.69, 9.17) is 15.2 Å². The van der Waals surface area contributed by atoms with Crippen molar-refractivity contribution in [2.45, 2.75) is 31.2 Å². The molecule has 2 atom stereocenters. The monoisotopic (exact) mass is 185 g/mol. The Kier molecular flexibility index (Phi) is 2.86. The van der Waals surface area contributed by atoms with Crippen molar-refractivity contribution < 1.29 is 9.47 Å². The highest BCUT2D eigenvalue weighted by Gasteiger charge is 2.32. The Morgan fingerprint density at radius 1 is 1.31 bits per heavy atom. The summed E-state index contributed by atoms with van der Waals surface area (Å²) in [7, 11) is 0. The van der Waals surface area contributed by atoms with Crippen LogP contribution in [0.5, 0.6) is 0 Å². The Morgan fingerprint density at radius 3 is 2.85 bits per heavy atom. The lowest BCUT2D eigenvalue weighted by atomic mass is 9.84. The van der Waals surface area contributed by atoms with E-state index in [1.165, 1.54) is 6.42 Å². The molecule has 2 aliphatic rings. The summed E-state index contributed by atoms with van der Waals surface area (Å²) in [6, 6.07) is 0. The van der Waals surface area contributed by atoms with Gasteiger partial charge in [-0.1, -0.05) is 0 Å². The molecular formula is C10H19NO2. The van der Waals surface area contributed by atoms with Gasteiger partial charge < -0.3 is 15.2 Å². The Bertz CT molecular complexity index is 160. The molecule has 2 heterocycles. The second-order valence-electron chi connectivity index (χ2n) is 4.45. The molecule has 0 aliphatic carbocycles. The fourth-order valence-corrected chi connectivity index (χ4v) is 2.35. The fraction of sp³-hybridized carbons (Fsp3) is 1.00. The lowest BCUT2D eigenvalue weighted by molar-refractivity contribution is 0.0264. The zero-order valence-electron chi connectivity index (χ0n) is 8.13. The van der Waals surface area contributed by atoms with Gasteiger partial charge in [-0.05, 0) is 31.6 Å². The van der Waals surface area contributed by atoms with E-state index in [2.05, 4.69) is 0 Å². The van der Waals surface area contributed by atoms with Gasteiger partial charge in [-0.15, -0.1) is 0 Å². The fourth-order valence-electron chi connectivity index (χ4n) is 2.35. The van der Waals surface area contributed by atoms with Crippen molar-refractivity contribution in [2.75, 3.05) is 26.4 Å². The Balaban J connectivity index is 1.83. The molecule has 0 spiro atoms. The van der Waals surface area contributed by atoms with Gasteiger partial charge in [-0.25, -0.2) is 0 Å². The quantitative estimate of drug-likeness (QED) is 0.695. The minimum absolute atomic E-state index is 0.0589. The van der Waals surface area contributed by atoms with Crippen LogP contribution in [0.3, 0.4) is 0 Å². The second kappa shape index (κ2) is 3.95. The Labute approximate surface area is 79.6 Å². The van der Waals surface area contributed by atoms with Gasteiger partial charge in [0.1, 0.15) is 0 Å². The molecule has 0 bridgehead atoms. The summed E-state index contributed by atoms with van der Waals surface area (Å²) in [6.07, 6.45) is 4.49. The summed E-state index contributed by atoms with van der Waals surface area (Å²) >= 11 is 0. The molecule has 0 amide bonds. The Morgan fingerprint density at radius 2 is 2.23 bits per heavy atom. The predicted molar refractivity (Wildman–Crippen MR) is 50.5 cm³/mol. The lowest BCUT2D eigenvalue weighted by Gasteiger charge is -2.34. The average molecular weight is 185 g/mol. The molecule has 2 unspecified atom stereocenters. The maximum absolute atomic E-state index is 6.26. The van der Waals surface area contributed by atoms with Crippen LogP contribution in [0, 0.1) is 5.92 Å². The first kappa shape index (κ1) is 9.44. The van der Waals surface area contributed by atoms with Crippen molar-refractivity contribution in [3.63, 3.8) is 0 Å². The molecule has 2 N–H and O–H groups in total. The van der Waals surface area contributed by atoms with Crippen LogP contribution < -0.4 is 5.73 Å². The van der Waals surface area contributed by atoms with Gasteiger partial charge in [0, 0.05) is 25.4 Å². The van der Waals surface area contributed by atoms with Crippen molar-refractivity contribution in [2.24, 2.45) is 11.7 Å². The van der Waals surface area contributed by atoms with Crippen LogP contribution in [0.25, 0.3) is 0 Å². The smallest absolute Gasteiger partial charge is 0.0646 e. The van der Waals surface area contributed by atoms with Crippen LogP contribution in [0.2, 0.25) is 0 Å². The van der Waals surface area contributed by atoms with Gasteiger partial charge in [0.25, 0.3) is 0 Å². The first-order valence-electron chi connectivity index (χ1n) is 5.23. The van der Waals surface area contributed by atoms with Gasteiger partial charge in [-0.2, -0.15) is 0 Å². The first-order chi connectivity index (χ1) is 6.29. The zero-order chi connectivity index (χ0) is 9.15. The minimum atomic E-state index is -0.0589. The third-order valence-electron chi connectivity index (χ3n) is 3.07. The summed E-state index contributed by atoms with van der Waals surface area (Å²) in [4.78, 5) is 0. The highest BCUT2D eigenvalue weighted by atomic mass is 16.5. The van der Waals surface area contributed by atoms with E-state index in [1.54, 1.807) is 0 Å². The minimum Gasteiger partial charge on any atom is -0.381 e. The normalized spacial score (nSPS) is 40.8. The van der Waals surface area contributed by atoms with E-state index in [0.29, 0.717) is 5.92 Å². The van der Waals surface area contributed by atoms with Gasteiger partial charge in [0.2, 0.25) is 0 Å². The largest absolute Gasteiger partial charge is 0.381 e. The first-order valence-corrected chi connectivity index (χ1v) is 5.23. The van der Waals surface area contributed by atoms with Gasteiger partial charge in [0.15, 0.2) is 0 Å². The molecule has 0 aromatic rings. The number of hydrogen-bond donors (Lipinski definition) is 1. The molecule has 0 saturated carbocycles. The van der Waals surface area contributed by atoms with E-state index in [1.807, 2.05) is 0 Å². The maximum atomic E-state index is 6.26.